The molecule has 0 radical (unpaired) electrons. The van der Waals surface area contributed by atoms with Crippen molar-refractivity contribution in [2.24, 2.45) is 0 Å². The van der Waals surface area contributed by atoms with Crippen molar-refractivity contribution in [1.29, 1.82) is 0 Å². The van der Waals surface area contributed by atoms with Crippen LogP contribution in [0.25, 0.3) is 0 Å². The van der Waals surface area contributed by atoms with Gasteiger partial charge in [0, 0.05) is 10.7 Å². The van der Waals surface area contributed by atoms with Crippen LogP contribution in [-0.4, -0.2) is 19.0 Å². The quantitative estimate of drug-likeness (QED) is 0.765. The molecule has 4 heteroatoms. The number of aryl methyl sites for hydroxylation is 1. The number of nitrogens with one attached hydrogen (secondary N) is 2. The predicted octanol–water partition coefficient (Wildman–Crippen LogP) is 3.67. The van der Waals surface area contributed by atoms with Crippen molar-refractivity contribution in [2.45, 2.75) is 19.8 Å². The molecule has 2 aromatic carbocycles. The van der Waals surface area contributed by atoms with E-state index in [1.54, 1.807) is 0 Å². The van der Waals surface area contributed by atoms with Gasteiger partial charge in [0.05, 0.1) is 6.54 Å². The second kappa shape index (κ2) is 8.57. The van der Waals surface area contributed by atoms with Gasteiger partial charge in [-0.05, 0) is 48.7 Å². The van der Waals surface area contributed by atoms with Crippen LogP contribution in [0, 0.1) is 0 Å². The Kier molecular flexibility index (Phi) is 6.44. The van der Waals surface area contributed by atoms with Crippen LogP contribution >= 0.6 is 11.6 Å². The van der Waals surface area contributed by atoms with Crippen molar-refractivity contribution in [1.82, 2.24) is 5.32 Å². The Hall–Kier alpha value is -1.84. The average Bonchev–Trinajstić information content (AvgIpc) is 2.52. The van der Waals surface area contributed by atoms with E-state index in [2.05, 4.69) is 17.6 Å². The molecule has 3 nitrogen and oxygen atoms in total. The topological polar surface area (TPSA) is 41.1 Å². The van der Waals surface area contributed by atoms with Crippen molar-refractivity contribution < 1.29 is 4.79 Å². The Bertz CT molecular complexity index is 628. The molecule has 2 N–H and O–H groups in total. The van der Waals surface area contributed by atoms with Gasteiger partial charge in [0.25, 0.3) is 0 Å². The minimum atomic E-state index is -0.0213. The molecule has 0 aliphatic rings. The highest BCUT2D eigenvalue weighted by molar-refractivity contribution is 6.30. The highest BCUT2D eigenvalue weighted by Gasteiger charge is 2.05. The van der Waals surface area contributed by atoms with Gasteiger partial charge in [-0.25, -0.2) is 0 Å². The minimum Gasteiger partial charge on any atom is -0.325 e. The monoisotopic (exact) mass is 316 g/mol. The van der Waals surface area contributed by atoms with Gasteiger partial charge >= 0.3 is 0 Å². The third-order valence-electron chi connectivity index (χ3n) is 3.44. The van der Waals surface area contributed by atoms with E-state index in [-0.39, 0.29) is 5.91 Å². The number of para-hydroxylation sites is 1. The molecule has 116 valence electrons. The van der Waals surface area contributed by atoms with Crippen LogP contribution in [0.15, 0.2) is 48.5 Å². The van der Waals surface area contributed by atoms with Crippen molar-refractivity contribution in [3.8, 4) is 0 Å². The average molecular weight is 317 g/mol. The number of benzene rings is 2. The molecule has 0 aromatic heterocycles. The number of halogens is 1. The molecule has 0 saturated carbocycles. The summed E-state index contributed by atoms with van der Waals surface area (Å²) in [5.41, 5.74) is 3.21. The summed E-state index contributed by atoms with van der Waals surface area (Å²) in [6.45, 7) is 3.12. The SMILES string of the molecule is CCc1ccccc1NC(=O)CNCCc1cccc(Cl)c1. The summed E-state index contributed by atoms with van der Waals surface area (Å²) in [6, 6.07) is 15.7. The molecule has 0 atom stereocenters. The third kappa shape index (κ3) is 5.17. The van der Waals surface area contributed by atoms with Crippen LogP contribution in [0.1, 0.15) is 18.1 Å². The van der Waals surface area contributed by atoms with Crippen LogP contribution in [0.3, 0.4) is 0 Å². The van der Waals surface area contributed by atoms with Crippen LogP contribution in [0.2, 0.25) is 5.02 Å². The molecular formula is C18H21ClN2O. The fourth-order valence-corrected chi connectivity index (χ4v) is 2.48. The summed E-state index contributed by atoms with van der Waals surface area (Å²) in [5.74, 6) is -0.0213. The van der Waals surface area contributed by atoms with E-state index in [0.717, 1.165) is 41.2 Å². The van der Waals surface area contributed by atoms with Crippen LogP contribution in [0.5, 0.6) is 0 Å². The Balaban J connectivity index is 1.74. The highest BCUT2D eigenvalue weighted by atomic mass is 35.5. The molecule has 0 spiro atoms. The van der Waals surface area contributed by atoms with E-state index in [9.17, 15) is 4.79 Å². The summed E-state index contributed by atoms with van der Waals surface area (Å²) < 4.78 is 0. The molecule has 1 amide bonds. The van der Waals surface area contributed by atoms with Gasteiger partial charge in [0.1, 0.15) is 0 Å². The number of rotatable bonds is 7. The second-order valence-electron chi connectivity index (χ2n) is 5.12. The number of anilines is 1. The maximum Gasteiger partial charge on any atom is 0.238 e. The minimum absolute atomic E-state index is 0.0213. The van der Waals surface area contributed by atoms with E-state index in [1.807, 2.05) is 48.5 Å². The molecule has 0 saturated heterocycles. The number of carbonyl (C=O) groups is 1. The van der Waals surface area contributed by atoms with E-state index < -0.39 is 0 Å². The van der Waals surface area contributed by atoms with Crippen molar-refractivity contribution in [3.63, 3.8) is 0 Å². The van der Waals surface area contributed by atoms with Crippen molar-refractivity contribution in [3.05, 3.63) is 64.7 Å². The Labute approximate surface area is 136 Å². The zero-order valence-corrected chi connectivity index (χ0v) is 13.5. The van der Waals surface area contributed by atoms with E-state index >= 15 is 0 Å². The number of hydrogen-bond donors (Lipinski definition) is 2. The first-order valence-corrected chi connectivity index (χ1v) is 7.89. The molecule has 0 bridgehead atoms. The maximum atomic E-state index is 12.0. The standard InChI is InChI=1S/C18H21ClN2O/c1-2-15-7-3-4-9-17(15)21-18(22)13-20-11-10-14-6-5-8-16(19)12-14/h3-9,12,20H,2,10-11,13H2,1H3,(H,21,22). The molecule has 2 aromatic rings. The molecule has 0 fully saturated rings. The van der Waals surface area contributed by atoms with Gasteiger partial charge in [-0.15, -0.1) is 0 Å². The fraction of sp³-hybridized carbons (Fsp3) is 0.278. The predicted molar refractivity (Wildman–Crippen MR) is 92.5 cm³/mol. The zero-order chi connectivity index (χ0) is 15.8. The summed E-state index contributed by atoms with van der Waals surface area (Å²) >= 11 is 5.94. The first kappa shape index (κ1) is 16.5. The van der Waals surface area contributed by atoms with Gasteiger partial charge in [0.2, 0.25) is 5.91 Å². The van der Waals surface area contributed by atoms with E-state index in [0.29, 0.717) is 6.54 Å². The van der Waals surface area contributed by atoms with Crippen LogP contribution in [0.4, 0.5) is 5.69 Å². The molecule has 22 heavy (non-hydrogen) atoms. The lowest BCUT2D eigenvalue weighted by molar-refractivity contribution is -0.115. The van der Waals surface area contributed by atoms with E-state index in [1.165, 1.54) is 0 Å². The van der Waals surface area contributed by atoms with Gasteiger partial charge in [0.15, 0.2) is 0 Å². The molecule has 0 aliphatic heterocycles. The number of amides is 1. The van der Waals surface area contributed by atoms with Crippen molar-refractivity contribution >= 4 is 23.2 Å². The van der Waals surface area contributed by atoms with Gasteiger partial charge in [-0.2, -0.15) is 0 Å². The summed E-state index contributed by atoms with van der Waals surface area (Å²) in [7, 11) is 0. The maximum absolute atomic E-state index is 12.0. The third-order valence-corrected chi connectivity index (χ3v) is 3.67. The molecule has 0 heterocycles. The summed E-state index contributed by atoms with van der Waals surface area (Å²) in [4.78, 5) is 12.0. The van der Waals surface area contributed by atoms with Gasteiger partial charge in [-0.3, -0.25) is 4.79 Å². The number of carbonyl (C=O) groups excluding carboxylic acids is 1. The summed E-state index contributed by atoms with van der Waals surface area (Å²) in [5, 5.41) is 6.84. The Morgan fingerprint density at radius 1 is 1.14 bits per heavy atom. The van der Waals surface area contributed by atoms with E-state index in [4.69, 9.17) is 11.6 Å². The lowest BCUT2D eigenvalue weighted by atomic mass is 10.1. The molecular weight excluding hydrogens is 296 g/mol. The van der Waals surface area contributed by atoms with Crippen LogP contribution in [-0.2, 0) is 17.6 Å². The van der Waals surface area contributed by atoms with Gasteiger partial charge < -0.3 is 10.6 Å². The first-order valence-electron chi connectivity index (χ1n) is 7.52. The number of hydrogen-bond acceptors (Lipinski definition) is 2. The van der Waals surface area contributed by atoms with Crippen LogP contribution < -0.4 is 10.6 Å². The zero-order valence-electron chi connectivity index (χ0n) is 12.7. The van der Waals surface area contributed by atoms with Crippen molar-refractivity contribution in [2.75, 3.05) is 18.4 Å². The normalized spacial score (nSPS) is 10.5. The second-order valence-corrected chi connectivity index (χ2v) is 5.55. The molecule has 0 unspecified atom stereocenters. The Morgan fingerprint density at radius 3 is 2.73 bits per heavy atom. The lowest BCUT2D eigenvalue weighted by Crippen LogP contribution is -2.29. The summed E-state index contributed by atoms with van der Waals surface area (Å²) in [6.07, 6.45) is 1.75. The lowest BCUT2D eigenvalue weighted by Gasteiger charge is -2.10. The first-order chi connectivity index (χ1) is 10.7. The van der Waals surface area contributed by atoms with Gasteiger partial charge in [-0.1, -0.05) is 48.9 Å². The largest absolute Gasteiger partial charge is 0.325 e. The Morgan fingerprint density at radius 2 is 1.95 bits per heavy atom. The molecule has 0 aliphatic carbocycles. The fourth-order valence-electron chi connectivity index (χ4n) is 2.27. The highest BCUT2D eigenvalue weighted by Crippen LogP contribution is 2.15. The molecule has 2 rings (SSSR count). The smallest absolute Gasteiger partial charge is 0.238 e.